The molecule has 0 fully saturated rings. The molecular formula is C29H26N2O3. The van der Waals surface area contributed by atoms with E-state index < -0.39 is 0 Å². The van der Waals surface area contributed by atoms with Gasteiger partial charge in [0.05, 0.1) is 0 Å². The van der Waals surface area contributed by atoms with Crippen LogP contribution in [0.1, 0.15) is 31.7 Å². The van der Waals surface area contributed by atoms with Gasteiger partial charge in [-0.1, -0.05) is 50.2 Å². The lowest BCUT2D eigenvalue weighted by Gasteiger charge is -2.08. The molecule has 0 aliphatic carbocycles. The van der Waals surface area contributed by atoms with Crippen LogP contribution in [0.4, 0.5) is 5.69 Å². The molecule has 1 aromatic heterocycles. The van der Waals surface area contributed by atoms with Crippen molar-refractivity contribution in [1.29, 1.82) is 0 Å². The molecule has 5 nitrogen and oxygen atoms in total. The zero-order valence-corrected chi connectivity index (χ0v) is 19.2. The van der Waals surface area contributed by atoms with Crippen LogP contribution in [0, 0.1) is 0 Å². The van der Waals surface area contributed by atoms with Crippen LogP contribution >= 0.6 is 0 Å². The minimum Gasteiger partial charge on any atom is -0.484 e. The molecule has 1 amide bonds. The van der Waals surface area contributed by atoms with E-state index in [4.69, 9.17) is 9.15 Å². The SMILES string of the molecule is CC[C@H](C)c1ccc2oc(-c3ccc(NC(=O)COc4ccc5ccccc5c4)cc3)nc2c1. The Hall–Kier alpha value is -4.12. The Balaban J connectivity index is 1.22. The first-order valence-electron chi connectivity index (χ1n) is 11.5. The van der Waals surface area contributed by atoms with Crippen LogP contribution in [-0.4, -0.2) is 17.5 Å². The largest absolute Gasteiger partial charge is 0.484 e. The standard InChI is InChI=1S/C29H26N2O3/c1-3-19(2)22-11-15-27-26(17-22)31-29(34-27)21-8-12-24(13-9-21)30-28(32)18-33-25-14-10-20-6-4-5-7-23(20)16-25/h4-17,19H,3,18H2,1-2H3,(H,30,32)/t19-/m0/s1. The van der Waals surface area contributed by atoms with Gasteiger partial charge in [-0.3, -0.25) is 4.79 Å². The monoisotopic (exact) mass is 450 g/mol. The lowest BCUT2D eigenvalue weighted by molar-refractivity contribution is -0.118. The Morgan fingerprint density at radius 2 is 1.76 bits per heavy atom. The summed E-state index contributed by atoms with van der Waals surface area (Å²) in [4.78, 5) is 17.0. The van der Waals surface area contributed by atoms with E-state index >= 15 is 0 Å². The van der Waals surface area contributed by atoms with Gasteiger partial charge < -0.3 is 14.5 Å². The Morgan fingerprint density at radius 1 is 0.971 bits per heavy atom. The summed E-state index contributed by atoms with van der Waals surface area (Å²) >= 11 is 0. The van der Waals surface area contributed by atoms with Crippen molar-refractivity contribution in [3.8, 4) is 17.2 Å². The summed E-state index contributed by atoms with van der Waals surface area (Å²) in [7, 11) is 0. The molecule has 0 spiro atoms. The number of nitrogens with one attached hydrogen (secondary N) is 1. The highest BCUT2D eigenvalue weighted by atomic mass is 16.5. The Labute approximate surface area is 198 Å². The molecular weight excluding hydrogens is 424 g/mol. The molecule has 0 bridgehead atoms. The minimum absolute atomic E-state index is 0.0657. The maximum absolute atomic E-state index is 12.4. The molecule has 34 heavy (non-hydrogen) atoms. The van der Waals surface area contributed by atoms with E-state index in [9.17, 15) is 4.79 Å². The van der Waals surface area contributed by atoms with Crippen molar-refractivity contribution in [3.63, 3.8) is 0 Å². The third kappa shape index (κ3) is 4.64. The summed E-state index contributed by atoms with van der Waals surface area (Å²) in [6, 6.07) is 27.5. The van der Waals surface area contributed by atoms with E-state index in [2.05, 4.69) is 36.3 Å². The average Bonchev–Trinajstić information content (AvgIpc) is 3.31. The number of aromatic nitrogens is 1. The van der Waals surface area contributed by atoms with Crippen LogP contribution in [0.25, 0.3) is 33.3 Å². The fourth-order valence-corrected chi connectivity index (χ4v) is 3.91. The van der Waals surface area contributed by atoms with Crippen molar-refractivity contribution >= 4 is 33.5 Å². The van der Waals surface area contributed by atoms with E-state index in [-0.39, 0.29) is 12.5 Å². The number of amides is 1. The fourth-order valence-electron chi connectivity index (χ4n) is 3.91. The normalized spacial score (nSPS) is 12.1. The smallest absolute Gasteiger partial charge is 0.262 e. The molecule has 1 atom stereocenters. The third-order valence-corrected chi connectivity index (χ3v) is 6.10. The predicted molar refractivity (Wildman–Crippen MR) is 136 cm³/mol. The van der Waals surface area contributed by atoms with Crippen LogP contribution in [-0.2, 0) is 4.79 Å². The first-order valence-corrected chi connectivity index (χ1v) is 11.5. The number of carbonyl (C=O) groups excluding carboxylic acids is 1. The number of ether oxygens (including phenoxy) is 1. The van der Waals surface area contributed by atoms with Gasteiger partial charge in [0.2, 0.25) is 5.89 Å². The first-order chi connectivity index (χ1) is 16.6. The molecule has 5 aromatic rings. The quantitative estimate of drug-likeness (QED) is 0.285. The molecule has 0 saturated heterocycles. The number of hydrogen-bond acceptors (Lipinski definition) is 4. The second kappa shape index (κ2) is 9.40. The van der Waals surface area contributed by atoms with Gasteiger partial charge in [0.25, 0.3) is 5.91 Å². The molecule has 5 rings (SSSR count). The van der Waals surface area contributed by atoms with E-state index in [1.165, 1.54) is 5.56 Å². The van der Waals surface area contributed by atoms with Gasteiger partial charge in [0.15, 0.2) is 12.2 Å². The second-order valence-corrected chi connectivity index (χ2v) is 8.48. The van der Waals surface area contributed by atoms with Crippen LogP contribution in [0.3, 0.4) is 0 Å². The maximum atomic E-state index is 12.4. The summed E-state index contributed by atoms with van der Waals surface area (Å²) in [5.41, 5.74) is 4.43. The zero-order chi connectivity index (χ0) is 23.5. The lowest BCUT2D eigenvalue weighted by Crippen LogP contribution is -2.20. The van der Waals surface area contributed by atoms with Crippen LogP contribution in [0.15, 0.2) is 89.3 Å². The van der Waals surface area contributed by atoms with Crippen LogP contribution in [0.5, 0.6) is 5.75 Å². The van der Waals surface area contributed by atoms with E-state index in [0.717, 1.165) is 33.9 Å². The van der Waals surface area contributed by atoms with Gasteiger partial charge in [0, 0.05) is 11.3 Å². The fraction of sp³-hybridized carbons (Fsp3) is 0.172. The highest BCUT2D eigenvalue weighted by Crippen LogP contribution is 2.28. The number of rotatable bonds is 7. The third-order valence-electron chi connectivity index (χ3n) is 6.10. The molecule has 5 heteroatoms. The summed E-state index contributed by atoms with van der Waals surface area (Å²) in [6.45, 7) is 4.32. The van der Waals surface area contributed by atoms with Gasteiger partial charge in [0.1, 0.15) is 11.3 Å². The number of oxazole rings is 1. The molecule has 0 aliphatic heterocycles. The molecule has 0 unspecified atom stereocenters. The highest BCUT2D eigenvalue weighted by molar-refractivity contribution is 5.92. The molecule has 170 valence electrons. The zero-order valence-electron chi connectivity index (χ0n) is 19.2. The van der Waals surface area contributed by atoms with Gasteiger partial charge in [-0.15, -0.1) is 0 Å². The second-order valence-electron chi connectivity index (χ2n) is 8.48. The molecule has 4 aromatic carbocycles. The molecule has 0 saturated carbocycles. The number of nitrogens with zero attached hydrogens (tertiary/aromatic N) is 1. The maximum Gasteiger partial charge on any atom is 0.262 e. The average molecular weight is 451 g/mol. The van der Waals surface area contributed by atoms with E-state index in [0.29, 0.717) is 23.2 Å². The number of benzene rings is 4. The van der Waals surface area contributed by atoms with Crippen molar-refractivity contribution in [2.75, 3.05) is 11.9 Å². The number of anilines is 1. The highest BCUT2D eigenvalue weighted by Gasteiger charge is 2.12. The van der Waals surface area contributed by atoms with Gasteiger partial charge >= 0.3 is 0 Å². The summed E-state index contributed by atoms with van der Waals surface area (Å²) in [5, 5.41) is 5.07. The summed E-state index contributed by atoms with van der Waals surface area (Å²) in [6.07, 6.45) is 1.08. The number of carbonyl (C=O) groups is 1. The van der Waals surface area contributed by atoms with Crippen molar-refractivity contribution in [2.24, 2.45) is 0 Å². The number of fused-ring (bicyclic) bond motifs is 2. The summed E-state index contributed by atoms with van der Waals surface area (Å²) in [5.74, 6) is 1.49. The lowest BCUT2D eigenvalue weighted by atomic mass is 9.98. The van der Waals surface area contributed by atoms with Crippen molar-refractivity contribution in [3.05, 3.63) is 90.5 Å². The van der Waals surface area contributed by atoms with Crippen molar-refractivity contribution in [1.82, 2.24) is 4.98 Å². The molecule has 1 heterocycles. The van der Waals surface area contributed by atoms with Crippen LogP contribution < -0.4 is 10.1 Å². The van der Waals surface area contributed by atoms with E-state index in [1.807, 2.05) is 72.8 Å². The van der Waals surface area contributed by atoms with Crippen molar-refractivity contribution in [2.45, 2.75) is 26.2 Å². The molecule has 1 N–H and O–H groups in total. The Morgan fingerprint density at radius 3 is 2.56 bits per heavy atom. The molecule has 0 radical (unpaired) electrons. The predicted octanol–water partition coefficient (Wildman–Crippen LogP) is 7.18. The van der Waals surface area contributed by atoms with Gasteiger partial charge in [-0.25, -0.2) is 4.98 Å². The van der Waals surface area contributed by atoms with Gasteiger partial charge in [-0.05, 0) is 77.2 Å². The topological polar surface area (TPSA) is 64.4 Å². The van der Waals surface area contributed by atoms with Crippen LogP contribution in [0.2, 0.25) is 0 Å². The summed E-state index contributed by atoms with van der Waals surface area (Å²) < 4.78 is 11.6. The first kappa shape index (κ1) is 21.7. The Kier molecular flexibility index (Phi) is 6.00. The van der Waals surface area contributed by atoms with Crippen molar-refractivity contribution < 1.29 is 13.9 Å². The Bertz CT molecular complexity index is 1450. The van der Waals surface area contributed by atoms with Gasteiger partial charge in [-0.2, -0.15) is 0 Å². The molecule has 0 aliphatic rings. The number of hydrogen-bond donors (Lipinski definition) is 1. The minimum atomic E-state index is -0.222. The van der Waals surface area contributed by atoms with E-state index in [1.54, 1.807) is 0 Å².